The minimum atomic E-state index is -0.200. The van der Waals surface area contributed by atoms with E-state index in [1.807, 2.05) is 61.3 Å². The van der Waals surface area contributed by atoms with E-state index >= 15 is 0 Å². The van der Waals surface area contributed by atoms with Gasteiger partial charge in [0, 0.05) is 16.7 Å². The van der Waals surface area contributed by atoms with E-state index in [0.717, 1.165) is 16.7 Å². The SMILES string of the molecule is C[C@@H](C(=O)Nc1ccc(Br)cc1)N(C)Cc1ccccc1. The van der Waals surface area contributed by atoms with Crippen LogP contribution in [0.1, 0.15) is 12.5 Å². The highest BCUT2D eigenvalue weighted by Gasteiger charge is 2.18. The van der Waals surface area contributed by atoms with Gasteiger partial charge in [0.15, 0.2) is 0 Å². The molecule has 0 aliphatic carbocycles. The third-order valence-electron chi connectivity index (χ3n) is 3.43. The van der Waals surface area contributed by atoms with Gasteiger partial charge in [0.05, 0.1) is 6.04 Å². The molecule has 0 aliphatic rings. The van der Waals surface area contributed by atoms with Gasteiger partial charge >= 0.3 is 0 Å². The van der Waals surface area contributed by atoms with Crippen molar-refractivity contribution >= 4 is 27.5 Å². The van der Waals surface area contributed by atoms with Gasteiger partial charge in [0.1, 0.15) is 0 Å². The number of amides is 1. The summed E-state index contributed by atoms with van der Waals surface area (Å²) in [6, 6.07) is 17.5. The van der Waals surface area contributed by atoms with Gasteiger partial charge in [-0.15, -0.1) is 0 Å². The Morgan fingerprint density at radius 3 is 2.38 bits per heavy atom. The van der Waals surface area contributed by atoms with Crippen LogP contribution in [0, 0.1) is 0 Å². The normalized spacial score (nSPS) is 12.2. The van der Waals surface area contributed by atoms with Crippen molar-refractivity contribution in [1.82, 2.24) is 4.90 Å². The van der Waals surface area contributed by atoms with Crippen molar-refractivity contribution in [2.24, 2.45) is 0 Å². The highest BCUT2D eigenvalue weighted by Crippen LogP contribution is 2.15. The number of hydrogen-bond acceptors (Lipinski definition) is 2. The molecule has 0 saturated heterocycles. The molecule has 110 valence electrons. The predicted octanol–water partition coefficient (Wildman–Crippen LogP) is 3.91. The van der Waals surface area contributed by atoms with Crippen molar-refractivity contribution in [1.29, 1.82) is 0 Å². The lowest BCUT2D eigenvalue weighted by Gasteiger charge is -2.24. The molecule has 0 saturated carbocycles. The van der Waals surface area contributed by atoms with Gasteiger partial charge in [-0.2, -0.15) is 0 Å². The van der Waals surface area contributed by atoms with E-state index < -0.39 is 0 Å². The first-order chi connectivity index (χ1) is 10.1. The molecule has 0 spiro atoms. The van der Waals surface area contributed by atoms with Gasteiger partial charge in [-0.05, 0) is 43.8 Å². The Bertz CT molecular complexity index is 583. The lowest BCUT2D eigenvalue weighted by atomic mass is 10.2. The molecule has 2 rings (SSSR count). The van der Waals surface area contributed by atoms with E-state index in [4.69, 9.17) is 0 Å². The van der Waals surface area contributed by atoms with Crippen molar-refractivity contribution in [3.8, 4) is 0 Å². The van der Waals surface area contributed by atoms with Crippen LogP contribution in [0.25, 0.3) is 0 Å². The first-order valence-corrected chi connectivity index (χ1v) is 7.66. The highest BCUT2D eigenvalue weighted by molar-refractivity contribution is 9.10. The summed E-state index contributed by atoms with van der Waals surface area (Å²) in [4.78, 5) is 14.3. The summed E-state index contributed by atoms with van der Waals surface area (Å²) in [5, 5.41) is 2.93. The Kier molecular flexibility index (Phi) is 5.53. The zero-order valence-corrected chi connectivity index (χ0v) is 13.8. The van der Waals surface area contributed by atoms with Crippen molar-refractivity contribution in [2.45, 2.75) is 19.5 Å². The second-order valence-electron chi connectivity index (χ2n) is 5.07. The van der Waals surface area contributed by atoms with Crippen LogP contribution >= 0.6 is 15.9 Å². The van der Waals surface area contributed by atoms with E-state index in [1.165, 1.54) is 5.56 Å². The number of hydrogen-bond donors (Lipinski definition) is 1. The van der Waals surface area contributed by atoms with Crippen LogP contribution in [0.4, 0.5) is 5.69 Å². The molecule has 0 fully saturated rings. The maximum Gasteiger partial charge on any atom is 0.241 e. The lowest BCUT2D eigenvalue weighted by Crippen LogP contribution is -2.39. The van der Waals surface area contributed by atoms with Gasteiger partial charge in [0.25, 0.3) is 0 Å². The molecule has 1 N–H and O–H groups in total. The van der Waals surface area contributed by atoms with Crippen LogP contribution in [0.3, 0.4) is 0 Å². The average Bonchev–Trinajstić information content (AvgIpc) is 2.49. The van der Waals surface area contributed by atoms with E-state index in [0.29, 0.717) is 0 Å². The quantitative estimate of drug-likeness (QED) is 0.890. The fraction of sp³-hybridized carbons (Fsp3) is 0.235. The van der Waals surface area contributed by atoms with Crippen LogP contribution in [0.5, 0.6) is 0 Å². The van der Waals surface area contributed by atoms with Crippen LogP contribution < -0.4 is 5.32 Å². The molecule has 2 aromatic carbocycles. The van der Waals surface area contributed by atoms with Crippen LogP contribution in [-0.4, -0.2) is 23.9 Å². The third kappa shape index (κ3) is 4.69. The molecule has 0 unspecified atom stereocenters. The molecule has 0 radical (unpaired) electrons. The van der Waals surface area contributed by atoms with Crippen LogP contribution in [0.2, 0.25) is 0 Å². The Labute approximate surface area is 134 Å². The van der Waals surface area contributed by atoms with E-state index in [9.17, 15) is 4.79 Å². The number of benzene rings is 2. The number of carbonyl (C=O) groups is 1. The van der Waals surface area contributed by atoms with Gasteiger partial charge < -0.3 is 5.32 Å². The molecule has 1 atom stereocenters. The smallest absolute Gasteiger partial charge is 0.241 e. The summed E-state index contributed by atoms with van der Waals surface area (Å²) >= 11 is 3.38. The Morgan fingerprint density at radius 1 is 1.14 bits per heavy atom. The molecular formula is C17H19BrN2O. The number of nitrogens with one attached hydrogen (secondary N) is 1. The number of nitrogens with zero attached hydrogens (tertiary/aromatic N) is 1. The molecule has 0 heterocycles. The summed E-state index contributed by atoms with van der Waals surface area (Å²) in [5.74, 6) is -0.00393. The largest absolute Gasteiger partial charge is 0.325 e. The zero-order chi connectivity index (χ0) is 15.2. The highest BCUT2D eigenvalue weighted by atomic mass is 79.9. The first-order valence-electron chi connectivity index (χ1n) is 6.87. The molecule has 2 aromatic rings. The average molecular weight is 347 g/mol. The van der Waals surface area contributed by atoms with Gasteiger partial charge in [-0.25, -0.2) is 0 Å². The molecule has 0 aliphatic heterocycles. The Hall–Kier alpha value is -1.65. The minimum Gasteiger partial charge on any atom is -0.325 e. The van der Waals surface area contributed by atoms with E-state index in [1.54, 1.807) is 0 Å². The molecule has 3 nitrogen and oxygen atoms in total. The summed E-state index contributed by atoms with van der Waals surface area (Å²) < 4.78 is 0.995. The van der Waals surface area contributed by atoms with Crippen molar-refractivity contribution in [3.05, 3.63) is 64.6 Å². The topological polar surface area (TPSA) is 32.3 Å². The molecule has 4 heteroatoms. The Balaban J connectivity index is 1.93. The van der Waals surface area contributed by atoms with Crippen molar-refractivity contribution < 1.29 is 4.79 Å². The summed E-state index contributed by atoms with van der Waals surface area (Å²) in [5.41, 5.74) is 2.01. The van der Waals surface area contributed by atoms with Gasteiger partial charge in [0.2, 0.25) is 5.91 Å². The summed E-state index contributed by atoms with van der Waals surface area (Å²) in [6.07, 6.45) is 0. The second-order valence-corrected chi connectivity index (χ2v) is 5.99. The van der Waals surface area contributed by atoms with E-state index in [-0.39, 0.29) is 11.9 Å². The number of carbonyl (C=O) groups excluding carboxylic acids is 1. The monoisotopic (exact) mass is 346 g/mol. The molecule has 0 aromatic heterocycles. The molecular weight excluding hydrogens is 328 g/mol. The fourth-order valence-corrected chi connectivity index (χ4v) is 2.25. The second kappa shape index (κ2) is 7.38. The van der Waals surface area contributed by atoms with Crippen LogP contribution in [-0.2, 0) is 11.3 Å². The molecule has 0 bridgehead atoms. The van der Waals surface area contributed by atoms with E-state index in [2.05, 4.69) is 33.4 Å². The van der Waals surface area contributed by atoms with Gasteiger partial charge in [-0.1, -0.05) is 46.3 Å². The van der Waals surface area contributed by atoms with Crippen molar-refractivity contribution in [2.75, 3.05) is 12.4 Å². The molecule has 1 amide bonds. The van der Waals surface area contributed by atoms with Crippen molar-refractivity contribution in [3.63, 3.8) is 0 Å². The summed E-state index contributed by atoms with van der Waals surface area (Å²) in [6.45, 7) is 2.66. The predicted molar refractivity (Wildman–Crippen MR) is 90.1 cm³/mol. The number of halogens is 1. The maximum atomic E-state index is 12.3. The maximum absolute atomic E-state index is 12.3. The lowest BCUT2D eigenvalue weighted by molar-refractivity contribution is -0.120. The fourth-order valence-electron chi connectivity index (χ4n) is 1.99. The molecule has 21 heavy (non-hydrogen) atoms. The standard InChI is InChI=1S/C17H19BrN2O/c1-13(20(2)12-14-6-4-3-5-7-14)17(21)19-16-10-8-15(18)9-11-16/h3-11,13H,12H2,1-2H3,(H,19,21)/t13-/m0/s1. The van der Waals surface area contributed by atoms with Crippen LogP contribution in [0.15, 0.2) is 59.1 Å². The number of likely N-dealkylation sites (N-methyl/N-ethyl adjacent to an activating group) is 1. The van der Waals surface area contributed by atoms with Gasteiger partial charge in [-0.3, -0.25) is 9.69 Å². The zero-order valence-electron chi connectivity index (χ0n) is 12.2. The Morgan fingerprint density at radius 2 is 1.76 bits per heavy atom. The number of anilines is 1. The third-order valence-corrected chi connectivity index (χ3v) is 3.96. The minimum absolute atomic E-state index is 0.00393. The summed E-state index contributed by atoms with van der Waals surface area (Å²) in [7, 11) is 1.96. The first kappa shape index (κ1) is 15.7. The number of rotatable bonds is 5.